The molecule has 6 nitrogen and oxygen atoms in total. The highest BCUT2D eigenvalue weighted by Gasteiger charge is 2.20. The summed E-state index contributed by atoms with van der Waals surface area (Å²) in [5, 5.41) is 16.5. The molecular formula is C19H25N3O3. The molecule has 25 heavy (non-hydrogen) atoms. The lowest BCUT2D eigenvalue weighted by atomic mass is 9.98. The smallest absolute Gasteiger partial charge is 0.308 e. The summed E-state index contributed by atoms with van der Waals surface area (Å²) >= 11 is 0. The molecule has 0 aliphatic carbocycles. The number of benzene rings is 1. The lowest BCUT2D eigenvalue weighted by molar-refractivity contribution is -0.141. The van der Waals surface area contributed by atoms with Gasteiger partial charge in [-0.3, -0.25) is 14.3 Å². The molecule has 1 aromatic carbocycles. The number of carbonyl (C=O) groups excluding carboxylic acids is 1. The molecule has 1 atom stereocenters. The van der Waals surface area contributed by atoms with Crippen molar-refractivity contribution in [2.75, 3.05) is 6.54 Å². The van der Waals surface area contributed by atoms with Gasteiger partial charge in [-0.2, -0.15) is 5.10 Å². The summed E-state index contributed by atoms with van der Waals surface area (Å²) in [6.07, 6.45) is 0.600. The lowest BCUT2D eigenvalue weighted by Crippen LogP contribution is -2.35. The second-order valence-corrected chi connectivity index (χ2v) is 6.48. The van der Waals surface area contributed by atoms with Crippen LogP contribution in [0.2, 0.25) is 0 Å². The van der Waals surface area contributed by atoms with E-state index in [9.17, 15) is 14.7 Å². The molecule has 0 aliphatic heterocycles. The third-order valence-corrected chi connectivity index (χ3v) is 4.49. The fourth-order valence-electron chi connectivity index (χ4n) is 2.79. The van der Waals surface area contributed by atoms with E-state index in [2.05, 4.69) is 10.4 Å². The zero-order chi connectivity index (χ0) is 18.6. The summed E-state index contributed by atoms with van der Waals surface area (Å²) in [6, 6.07) is 7.77. The Hall–Kier alpha value is -2.63. The number of nitrogens with one attached hydrogen (secondary N) is 1. The number of aromatic nitrogens is 2. The average molecular weight is 343 g/mol. The first-order chi connectivity index (χ1) is 11.8. The van der Waals surface area contributed by atoms with E-state index in [1.54, 1.807) is 4.68 Å². The first-order valence-corrected chi connectivity index (χ1v) is 8.32. The number of aryl methyl sites for hydroxylation is 3. The van der Waals surface area contributed by atoms with Crippen LogP contribution in [0.1, 0.15) is 28.1 Å². The molecule has 134 valence electrons. The van der Waals surface area contributed by atoms with Crippen molar-refractivity contribution >= 4 is 11.9 Å². The molecule has 0 radical (unpaired) electrons. The minimum atomic E-state index is -0.908. The van der Waals surface area contributed by atoms with E-state index in [-0.39, 0.29) is 18.9 Å². The molecule has 1 aromatic heterocycles. The van der Waals surface area contributed by atoms with Crippen LogP contribution in [0.5, 0.6) is 0 Å². The van der Waals surface area contributed by atoms with Gasteiger partial charge in [0.05, 0.1) is 18.0 Å². The van der Waals surface area contributed by atoms with E-state index >= 15 is 0 Å². The molecule has 0 bridgehead atoms. The molecule has 1 heterocycles. The van der Waals surface area contributed by atoms with Crippen molar-refractivity contribution in [2.45, 2.75) is 33.6 Å². The maximum atomic E-state index is 12.2. The van der Waals surface area contributed by atoms with Crippen LogP contribution in [0, 0.1) is 26.7 Å². The highest BCUT2D eigenvalue weighted by atomic mass is 16.4. The quantitative estimate of drug-likeness (QED) is 0.805. The number of carboxylic acid groups (broad SMARTS) is 1. The van der Waals surface area contributed by atoms with Gasteiger partial charge in [0.25, 0.3) is 0 Å². The van der Waals surface area contributed by atoms with E-state index in [1.807, 2.05) is 52.1 Å². The Labute approximate surface area is 147 Å². The molecule has 0 fully saturated rings. The van der Waals surface area contributed by atoms with Crippen molar-refractivity contribution in [3.8, 4) is 0 Å². The molecule has 0 saturated carbocycles. The highest BCUT2D eigenvalue weighted by Crippen LogP contribution is 2.13. The van der Waals surface area contributed by atoms with Gasteiger partial charge in [0.15, 0.2) is 0 Å². The summed E-state index contributed by atoms with van der Waals surface area (Å²) in [7, 11) is 1.84. The Balaban J connectivity index is 1.95. The number of carboxylic acids is 1. The van der Waals surface area contributed by atoms with Crippen LogP contribution in [0.25, 0.3) is 0 Å². The van der Waals surface area contributed by atoms with Crippen LogP contribution in [0.15, 0.2) is 24.3 Å². The van der Waals surface area contributed by atoms with Crippen molar-refractivity contribution in [3.63, 3.8) is 0 Å². The van der Waals surface area contributed by atoms with E-state index in [1.165, 1.54) is 0 Å². The Morgan fingerprint density at radius 3 is 2.36 bits per heavy atom. The van der Waals surface area contributed by atoms with Crippen molar-refractivity contribution in [1.82, 2.24) is 15.1 Å². The lowest BCUT2D eigenvalue weighted by Gasteiger charge is -2.14. The second-order valence-electron chi connectivity index (χ2n) is 6.48. The van der Waals surface area contributed by atoms with Gasteiger partial charge in [0, 0.05) is 24.8 Å². The number of nitrogens with zero attached hydrogens (tertiary/aromatic N) is 2. The van der Waals surface area contributed by atoms with Crippen LogP contribution in [-0.2, 0) is 29.5 Å². The molecule has 1 amide bonds. The molecule has 0 aliphatic rings. The van der Waals surface area contributed by atoms with Gasteiger partial charge in [-0.1, -0.05) is 29.8 Å². The molecule has 2 rings (SSSR count). The summed E-state index contributed by atoms with van der Waals surface area (Å²) < 4.78 is 1.75. The van der Waals surface area contributed by atoms with Crippen molar-refractivity contribution in [2.24, 2.45) is 13.0 Å². The van der Waals surface area contributed by atoms with E-state index in [0.29, 0.717) is 6.42 Å². The van der Waals surface area contributed by atoms with Gasteiger partial charge in [0.1, 0.15) is 0 Å². The van der Waals surface area contributed by atoms with Crippen LogP contribution in [0.3, 0.4) is 0 Å². The predicted molar refractivity (Wildman–Crippen MR) is 95.4 cm³/mol. The van der Waals surface area contributed by atoms with Crippen molar-refractivity contribution in [3.05, 3.63) is 52.3 Å². The van der Waals surface area contributed by atoms with E-state index in [4.69, 9.17) is 0 Å². The monoisotopic (exact) mass is 343 g/mol. The first-order valence-electron chi connectivity index (χ1n) is 8.32. The Morgan fingerprint density at radius 2 is 1.84 bits per heavy atom. The zero-order valence-corrected chi connectivity index (χ0v) is 15.2. The minimum absolute atomic E-state index is 0.112. The summed E-state index contributed by atoms with van der Waals surface area (Å²) in [5.74, 6) is -1.74. The van der Waals surface area contributed by atoms with Gasteiger partial charge >= 0.3 is 5.97 Å². The third kappa shape index (κ3) is 4.92. The Kier molecular flexibility index (Phi) is 5.96. The SMILES string of the molecule is Cc1ccc(C[C@H](CNC(=O)Cc2c(C)nn(C)c2C)C(=O)O)cc1. The third-order valence-electron chi connectivity index (χ3n) is 4.49. The standard InChI is InChI=1S/C19H25N3O3/c1-12-5-7-15(8-6-12)9-16(19(24)25)11-20-18(23)10-17-13(2)21-22(4)14(17)3/h5-8,16H,9-11H2,1-4H3,(H,20,23)(H,24,25)/t16-/m1/s1. The number of aliphatic carboxylic acids is 1. The van der Waals surface area contributed by atoms with Gasteiger partial charge in [-0.15, -0.1) is 0 Å². The molecule has 0 unspecified atom stereocenters. The predicted octanol–water partition coefficient (Wildman–Crippen LogP) is 1.95. The number of hydrogen-bond acceptors (Lipinski definition) is 3. The first kappa shape index (κ1) is 18.7. The van der Waals surface area contributed by atoms with Crippen LogP contribution in [0.4, 0.5) is 0 Å². The largest absolute Gasteiger partial charge is 0.481 e. The Bertz CT molecular complexity index is 763. The highest BCUT2D eigenvalue weighted by molar-refractivity contribution is 5.80. The number of rotatable bonds is 7. The second kappa shape index (κ2) is 7.96. The molecule has 0 saturated heterocycles. The van der Waals surface area contributed by atoms with Crippen molar-refractivity contribution < 1.29 is 14.7 Å². The number of hydrogen-bond donors (Lipinski definition) is 2. The molecular weight excluding hydrogens is 318 g/mol. The summed E-state index contributed by atoms with van der Waals surface area (Å²) in [5.41, 5.74) is 4.74. The normalized spacial score (nSPS) is 12.0. The van der Waals surface area contributed by atoms with E-state index < -0.39 is 11.9 Å². The molecule has 2 N–H and O–H groups in total. The maximum absolute atomic E-state index is 12.2. The fourth-order valence-corrected chi connectivity index (χ4v) is 2.79. The minimum Gasteiger partial charge on any atom is -0.481 e. The fraction of sp³-hybridized carbons (Fsp3) is 0.421. The number of carbonyl (C=O) groups is 2. The van der Waals surface area contributed by atoms with Gasteiger partial charge in [0.2, 0.25) is 5.91 Å². The topological polar surface area (TPSA) is 84.2 Å². The Morgan fingerprint density at radius 1 is 1.20 bits per heavy atom. The zero-order valence-electron chi connectivity index (χ0n) is 15.2. The van der Waals surface area contributed by atoms with Crippen molar-refractivity contribution in [1.29, 1.82) is 0 Å². The number of amides is 1. The molecule has 0 spiro atoms. The molecule has 6 heteroatoms. The van der Waals surface area contributed by atoms with Crippen LogP contribution >= 0.6 is 0 Å². The van der Waals surface area contributed by atoms with Gasteiger partial charge in [-0.25, -0.2) is 0 Å². The average Bonchev–Trinajstić information content (AvgIpc) is 2.79. The van der Waals surface area contributed by atoms with Crippen LogP contribution < -0.4 is 5.32 Å². The van der Waals surface area contributed by atoms with Crippen LogP contribution in [-0.4, -0.2) is 33.3 Å². The molecule has 2 aromatic rings. The van der Waals surface area contributed by atoms with Gasteiger partial charge < -0.3 is 10.4 Å². The van der Waals surface area contributed by atoms with E-state index in [0.717, 1.165) is 28.1 Å². The summed E-state index contributed by atoms with van der Waals surface area (Å²) in [6.45, 7) is 5.88. The summed E-state index contributed by atoms with van der Waals surface area (Å²) in [4.78, 5) is 23.7. The van der Waals surface area contributed by atoms with Gasteiger partial charge in [-0.05, 0) is 32.8 Å². The maximum Gasteiger partial charge on any atom is 0.308 e.